The van der Waals surface area contributed by atoms with Crippen LogP contribution < -0.4 is 5.32 Å². The van der Waals surface area contributed by atoms with Gasteiger partial charge >= 0.3 is 0 Å². The Morgan fingerprint density at radius 2 is 2.25 bits per heavy atom. The molecule has 0 aromatic heterocycles. The summed E-state index contributed by atoms with van der Waals surface area (Å²) in [6.07, 6.45) is 4.27. The number of ether oxygens (including phenoxy) is 1. The molecule has 2 fully saturated rings. The second-order valence-electron chi connectivity index (χ2n) is 6.95. The molecule has 4 heteroatoms. The SMILES string of the molecule is Cc1cccc(C#C[C@@]2(O)CCCC(NC(=O)[C@@H]3CCCO3)C2)c1. The van der Waals surface area contributed by atoms with Gasteiger partial charge in [-0.2, -0.15) is 0 Å². The summed E-state index contributed by atoms with van der Waals surface area (Å²) in [4.78, 5) is 12.2. The van der Waals surface area contributed by atoms with Crippen LogP contribution >= 0.6 is 0 Å². The molecule has 1 unspecified atom stereocenters. The molecule has 1 aliphatic heterocycles. The van der Waals surface area contributed by atoms with Gasteiger partial charge in [-0.15, -0.1) is 0 Å². The molecule has 1 heterocycles. The molecule has 0 radical (unpaired) electrons. The first-order chi connectivity index (χ1) is 11.5. The number of aryl methyl sites for hydroxylation is 1. The minimum atomic E-state index is -1.03. The zero-order valence-corrected chi connectivity index (χ0v) is 14.2. The normalized spacial score (nSPS) is 29.6. The monoisotopic (exact) mass is 327 g/mol. The average Bonchev–Trinajstić information content (AvgIpc) is 3.08. The van der Waals surface area contributed by atoms with Crippen LogP contribution in [0, 0.1) is 18.8 Å². The van der Waals surface area contributed by atoms with E-state index in [2.05, 4.69) is 17.2 Å². The minimum Gasteiger partial charge on any atom is -0.378 e. The fourth-order valence-electron chi connectivity index (χ4n) is 3.48. The highest BCUT2D eigenvalue weighted by atomic mass is 16.5. The fraction of sp³-hybridized carbons (Fsp3) is 0.550. The third-order valence-corrected chi connectivity index (χ3v) is 4.75. The second kappa shape index (κ2) is 7.38. The standard InChI is InChI=1S/C20H25NO3/c1-15-5-2-6-16(13-15)9-11-20(23)10-3-7-17(14-20)21-19(22)18-8-4-12-24-18/h2,5-6,13,17-18,23H,3-4,7-8,10,12,14H2,1H3,(H,21,22)/t17?,18-,20-/m0/s1. The molecule has 3 rings (SSSR count). The Labute approximate surface area is 143 Å². The van der Waals surface area contributed by atoms with Crippen LogP contribution in [-0.2, 0) is 9.53 Å². The molecule has 2 N–H and O–H groups in total. The van der Waals surface area contributed by atoms with Gasteiger partial charge in [0.05, 0.1) is 0 Å². The van der Waals surface area contributed by atoms with Gasteiger partial charge in [-0.25, -0.2) is 0 Å². The molecule has 4 nitrogen and oxygen atoms in total. The number of aliphatic hydroxyl groups is 1. The third kappa shape index (κ3) is 4.37. The molecular weight excluding hydrogens is 302 g/mol. The van der Waals surface area contributed by atoms with Crippen molar-refractivity contribution in [1.29, 1.82) is 0 Å². The minimum absolute atomic E-state index is 0.0349. The molecule has 1 saturated heterocycles. The van der Waals surface area contributed by atoms with Crippen LogP contribution in [-0.4, -0.2) is 35.4 Å². The van der Waals surface area contributed by atoms with Crippen LogP contribution in [0.4, 0.5) is 0 Å². The lowest BCUT2D eigenvalue weighted by Crippen LogP contribution is -2.47. The predicted molar refractivity (Wildman–Crippen MR) is 92.4 cm³/mol. The van der Waals surface area contributed by atoms with Gasteiger partial charge in [0.25, 0.3) is 0 Å². The first kappa shape index (κ1) is 17.0. The largest absolute Gasteiger partial charge is 0.378 e. The maximum Gasteiger partial charge on any atom is 0.249 e. The van der Waals surface area contributed by atoms with Gasteiger partial charge in [0.15, 0.2) is 0 Å². The van der Waals surface area contributed by atoms with Gasteiger partial charge in [0, 0.05) is 24.6 Å². The molecule has 24 heavy (non-hydrogen) atoms. The quantitative estimate of drug-likeness (QED) is 0.820. The summed E-state index contributed by atoms with van der Waals surface area (Å²) in [5, 5.41) is 13.8. The number of carbonyl (C=O) groups excluding carboxylic acids is 1. The molecular formula is C20H25NO3. The van der Waals surface area contributed by atoms with Crippen LogP contribution in [0.1, 0.15) is 49.7 Å². The highest BCUT2D eigenvalue weighted by Gasteiger charge is 2.35. The average molecular weight is 327 g/mol. The van der Waals surface area contributed by atoms with E-state index in [0.717, 1.165) is 36.8 Å². The number of carbonyl (C=O) groups is 1. The second-order valence-corrected chi connectivity index (χ2v) is 6.95. The van der Waals surface area contributed by atoms with Crippen molar-refractivity contribution in [1.82, 2.24) is 5.32 Å². The van der Waals surface area contributed by atoms with Gasteiger partial charge in [-0.1, -0.05) is 24.0 Å². The number of amides is 1. The van der Waals surface area contributed by atoms with Gasteiger partial charge in [0.2, 0.25) is 5.91 Å². The van der Waals surface area contributed by atoms with Crippen LogP contribution in [0.25, 0.3) is 0 Å². The van der Waals surface area contributed by atoms with Crippen molar-refractivity contribution in [2.75, 3.05) is 6.61 Å². The van der Waals surface area contributed by atoms with Crippen LogP contribution in [0.2, 0.25) is 0 Å². The molecule has 1 aliphatic carbocycles. The highest BCUT2D eigenvalue weighted by molar-refractivity contribution is 5.81. The number of rotatable bonds is 2. The van der Waals surface area contributed by atoms with E-state index in [0.29, 0.717) is 19.4 Å². The Morgan fingerprint density at radius 1 is 1.38 bits per heavy atom. The van der Waals surface area contributed by atoms with Crippen LogP contribution in [0.15, 0.2) is 24.3 Å². The molecule has 0 bridgehead atoms. The van der Waals surface area contributed by atoms with E-state index in [9.17, 15) is 9.90 Å². The van der Waals surface area contributed by atoms with E-state index >= 15 is 0 Å². The van der Waals surface area contributed by atoms with Crippen LogP contribution in [0.5, 0.6) is 0 Å². The first-order valence-electron chi connectivity index (χ1n) is 8.78. The molecule has 128 valence electrons. The Morgan fingerprint density at radius 3 is 3.00 bits per heavy atom. The Kier molecular flexibility index (Phi) is 5.23. The predicted octanol–water partition coefficient (Wildman–Crippen LogP) is 2.32. The molecule has 0 spiro atoms. The van der Waals surface area contributed by atoms with Gasteiger partial charge < -0.3 is 15.2 Å². The number of hydrogen-bond acceptors (Lipinski definition) is 3. The lowest BCUT2D eigenvalue weighted by atomic mass is 9.82. The van der Waals surface area contributed by atoms with Crippen molar-refractivity contribution in [3.63, 3.8) is 0 Å². The molecule has 1 aromatic rings. The van der Waals surface area contributed by atoms with E-state index in [4.69, 9.17) is 4.74 Å². The van der Waals surface area contributed by atoms with Gasteiger partial charge in [-0.05, 0) is 56.7 Å². The van der Waals surface area contributed by atoms with E-state index in [1.54, 1.807) is 0 Å². The summed E-state index contributed by atoms with van der Waals surface area (Å²) < 4.78 is 5.42. The maximum atomic E-state index is 12.2. The van der Waals surface area contributed by atoms with Crippen molar-refractivity contribution in [2.45, 2.75) is 63.2 Å². The molecule has 1 saturated carbocycles. The maximum absolute atomic E-state index is 12.2. The summed E-state index contributed by atoms with van der Waals surface area (Å²) in [5.41, 5.74) is 1.03. The van der Waals surface area contributed by atoms with E-state index in [-0.39, 0.29) is 18.1 Å². The molecule has 2 aliphatic rings. The Balaban J connectivity index is 1.62. The van der Waals surface area contributed by atoms with E-state index in [1.165, 1.54) is 0 Å². The number of hydrogen-bond donors (Lipinski definition) is 2. The Hall–Kier alpha value is -1.83. The van der Waals surface area contributed by atoms with E-state index < -0.39 is 5.60 Å². The highest BCUT2D eigenvalue weighted by Crippen LogP contribution is 2.28. The zero-order valence-electron chi connectivity index (χ0n) is 14.2. The van der Waals surface area contributed by atoms with Gasteiger partial charge in [0.1, 0.15) is 11.7 Å². The topological polar surface area (TPSA) is 58.6 Å². The van der Waals surface area contributed by atoms with E-state index in [1.807, 2.05) is 31.2 Å². The Bertz CT molecular complexity index is 654. The van der Waals surface area contributed by atoms with Crippen LogP contribution in [0.3, 0.4) is 0 Å². The van der Waals surface area contributed by atoms with Crippen molar-refractivity contribution in [3.8, 4) is 11.8 Å². The summed E-state index contributed by atoms with van der Waals surface area (Å²) in [7, 11) is 0. The number of benzene rings is 1. The summed E-state index contributed by atoms with van der Waals surface area (Å²) in [6, 6.07) is 7.91. The van der Waals surface area contributed by atoms with Crippen molar-refractivity contribution < 1.29 is 14.6 Å². The van der Waals surface area contributed by atoms with Crippen molar-refractivity contribution in [3.05, 3.63) is 35.4 Å². The smallest absolute Gasteiger partial charge is 0.249 e. The molecule has 3 atom stereocenters. The fourth-order valence-corrected chi connectivity index (χ4v) is 3.48. The number of nitrogens with one attached hydrogen (secondary N) is 1. The van der Waals surface area contributed by atoms with Crippen molar-refractivity contribution >= 4 is 5.91 Å². The molecule has 1 amide bonds. The third-order valence-electron chi connectivity index (χ3n) is 4.75. The summed E-state index contributed by atoms with van der Waals surface area (Å²) in [5.74, 6) is 6.08. The van der Waals surface area contributed by atoms with Crippen molar-refractivity contribution in [2.24, 2.45) is 0 Å². The lowest BCUT2D eigenvalue weighted by molar-refractivity contribution is -0.131. The molecule has 1 aromatic carbocycles. The van der Waals surface area contributed by atoms with Gasteiger partial charge in [-0.3, -0.25) is 4.79 Å². The summed E-state index contributed by atoms with van der Waals surface area (Å²) in [6.45, 7) is 2.69. The first-order valence-corrected chi connectivity index (χ1v) is 8.78. The zero-order chi connectivity index (χ0) is 17.0. The lowest BCUT2D eigenvalue weighted by Gasteiger charge is -2.33. The summed E-state index contributed by atoms with van der Waals surface area (Å²) >= 11 is 0.